The molecule has 3 heteroatoms. The minimum Gasteiger partial charge on any atom is -0.483 e. The van der Waals surface area contributed by atoms with Crippen molar-refractivity contribution in [3.63, 3.8) is 0 Å². The lowest BCUT2D eigenvalue weighted by atomic mass is 10.1. The van der Waals surface area contributed by atoms with E-state index in [9.17, 15) is 4.79 Å². The van der Waals surface area contributed by atoms with E-state index in [2.05, 4.69) is 0 Å². The van der Waals surface area contributed by atoms with E-state index in [1.165, 1.54) is 5.56 Å². The van der Waals surface area contributed by atoms with Gasteiger partial charge < -0.3 is 9.64 Å². The Balaban J connectivity index is 2.61. The highest BCUT2D eigenvalue weighted by molar-refractivity contribution is 5.77. The number of nitrogens with zero attached hydrogens (tertiary/aromatic N) is 1. The molecule has 17 heavy (non-hydrogen) atoms. The van der Waals surface area contributed by atoms with Gasteiger partial charge >= 0.3 is 0 Å². The number of amides is 1. The number of carbonyl (C=O) groups is 1. The second-order valence-electron chi connectivity index (χ2n) is 4.05. The molecule has 1 amide bonds. The zero-order valence-corrected chi connectivity index (χ0v) is 11.1. The van der Waals surface area contributed by atoms with Crippen LogP contribution in [0.25, 0.3) is 0 Å². The van der Waals surface area contributed by atoms with Gasteiger partial charge in [0.1, 0.15) is 5.75 Å². The van der Waals surface area contributed by atoms with Gasteiger partial charge in [-0.3, -0.25) is 4.79 Å². The van der Waals surface area contributed by atoms with Gasteiger partial charge in [-0.1, -0.05) is 12.1 Å². The van der Waals surface area contributed by atoms with E-state index in [1.807, 2.05) is 45.9 Å². The van der Waals surface area contributed by atoms with Gasteiger partial charge in [0.25, 0.3) is 5.91 Å². The number of benzene rings is 1. The van der Waals surface area contributed by atoms with E-state index in [-0.39, 0.29) is 12.5 Å². The van der Waals surface area contributed by atoms with E-state index >= 15 is 0 Å². The van der Waals surface area contributed by atoms with Gasteiger partial charge in [-0.15, -0.1) is 0 Å². The molecular formula is C14H21NO2. The largest absolute Gasteiger partial charge is 0.483 e. The fourth-order valence-electron chi connectivity index (χ4n) is 1.69. The van der Waals surface area contributed by atoms with Crippen molar-refractivity contribution in [2.75, 3.05) is 19.7 Å². The molecule has 1 aromatic rings. The van der Waals surface area contributed by atoms with Crippen molar-refractivity contribution in [1.82, 2.24) is 4.90 Å². The zero-order chi connectivity index (χ0) is 12.8. The Bertz CT molecular complexity index is 384. The molecule has 0 unspecified atom stereocenters. The van der Waals surface area contributed by atoms with Crippen LogP contribution in [0, 0.1) is 13.8 Å². The van der Waals surface area contributed by atoms with E-state index < -0.39 is 0 Å². The van der Waals surface area contributed by atoms with Gasteiger partial charge in [-0.2, -0.15) is 0 Å². The minimum atomic E-state index is 0.0379. The average Bonchev–Trinajstić information content (AvgIpc) is 2.32. The van der Waals surface area contributed by atoms with Crippen molar-refractivity contribution >= 4 is 5.91 Å². The molecule has 0 radical (unpaired) electrons. The molecule has 94 valence electrons. The van der Waals surface area contributed by atoms with Gasteiger partial charge in [0, 0.05) is 13.1 Å². The van der Waals surface area contributed by atoms with Gasteiger partial charge in [-0.05, 0) is 44.9 Å². The molecule has 0 fully saturated rings. The molecule has 3 nitrogen and oxygen atoms in total. The van der Waals surface area contributed by atoms with Gasteiger partial charge in [0.05, 0.1) is 0 Å². The van der Waals surface area contributed by atoms with E-state index in [0.717, 1.165) is 24.4 Å². The third kappa shape index (κ3) is 3.48. The Labute approximate surface area is 103 Å². The van der Waals surface area contributed by atoms with E-state index in [1.54, 1.807) is 4.90 Å². The van der Waals surface area contributed by atoms with Crippen LogP contribution in [0.2, 0.25) is 0 Å². The SMILES string of the molecule is CCN(CC)C(=O)COc1cccc(C)c1C. The number of aryl methyl sites for hydroxylation is 1. The van der Waals surface area contributed by atoms with E-state index in [0.29, 0.717) is 0 Å². The summed E-state index contributed by atoms with van der Waals surface area (Å²) in [6, 6.07) is 5.88. The minimum absolute atomic E-state index is 0.0379. The lowest BCUT2D eigenvalue weighted by Gasteiger charge is -2.19. The number of likely N-dealkylation sites (N-methyl/N-ethyl adjacent to an activating group) is 1. The number of carbonyl (C=O) groups excluding carboxylic acids is 1. The smallest absolute Gasteiger partial charge is 0.260 e. The molecule has 0 aliphatic carbocycles. The number of hydrogen-bond donors (Lipinski definition) is 0. The zero-order valence-electron chi connectivity index (χ0n) is 11.1. The van der Waals surface area contributed by atoms with Crippen LogP contribution in [0.1, 0.15) is 25.0 Å². The van der Waals surface area contributed by atoms with Crippen molar-refractivity contribution in [3.05, 3.63) is 29.3 Å². The molecule has 0 saturated carbocycles. The maximum Gasteiger partial charge on any atom is 0.260 e. The molecule has 0 saturated heterocycles. The summed E-state index contributed by atoms with van der Waals surface area (Å²) in [5.74, 6) is 0.835. The predicted molar refractivity (Wildman–Crippen MR) is 69.3 cm³/mol. The number of rotatable bonds is 5. The molecule has 0 spiro atoms. The standard InChI is InChI=1S/C14H21NO2/c1-5-15(6-2)14(16)10-17-13-9-7-8-11(3)12(13)4/h7-9H,5-6,10H2,1-4H3. The second kappa shape index (κ2) is 6.28. The lowest BCUT2D eigenvalue weighted by Crippen LogP contribution is -2.34. The van der Waals surface area contributed by atoms with Gasteiger partial charge in [-0.25, -0.2) is 0 Å². The molecule has 0 atom stereocenters. The molecule has 0 heterocycles. The van der Waals surface area contributed by atoms with Crippen LogP contribution >= 0.6 is 0 Å². The van der Waals surface area contributed by atoms with Gasteiger partial charge in [0.15, 0.2) is 6.61 Å². The summed E-state index contributed by atoms with van der Waals surface area (Å²) in [4.78, 5) is 13.5. The summed E-state index contributed by atoms with van der Waals surface area (Å²) in [5, 5.41) is 0. The third-order valence-corrected chi connectivity index (χ3v) is 3.02. The van der Waals surface area contributed by atoms with Crippen molar-refractivity contribution < 1.29 is 9.53 Å². The Hall–Kier alpha value is -1.51. The first-order valence-corrected chi connectivity index (χ1v) is 6.06. The van der Waals surface area contributed by atoms with Crippen LogP contribution in [0.5, 0.6) is 5.75 Å². The Morgan fingerprint density at radius 1 is 1.24 bits per heavy atom. The van der Waals surface area contributed by atoms with Crippen molar-refractivity contribution in [3.8, 4) is 5.75 Å². The van der Waals surface area contributed by atoms with Crippen LogP contribution < -0.4 is 4.74 Å². The van der Waals surface area contributed by atoms with Crippen LogP contribution in [-0.2, 0) is 4.79 Å². The normalized spacial score (nSPS) is 10.1. The Morgan fingerprint density at radius 2 is 1.88 bits per heavy atom. The summed E-state index contributed by atoms with van der Waals surface area (Å²) >= 11 is 0. The highest BCUT2D eigenvalue weighted by Gasteiger charge is 2.11. The summed E-state index contributed by atoms with van der Waals surface area (Å²) in [5.41, 5.74) is 2.28. The summed E-state index contributed by atoms with van der Waals surface area (Å²) in [7, 11) is 0. The molecule has 0 N–H and O–H groups in total. The third-order valence-electron chi connectivity index (χ3n) is 3.02. The highest BCUT2D eigenvalue weighted by Crippen LogP contribution is 2.20. The number of hydrogen-bond acceptors (Lipinski definition) is 2. The molecular weight excluding hydrogens is 214 g/mol. The van der Waals surface area contributed by atoms with Crippen LogP contribution in [0.3, 0.4) is 0 Å². The molecule has 0 aliphatic heterocycles. The summed E-state index contributed by atoms with van der Waals surface area (Å²) < 4.78 is 5.57. The average molecular weight is 235 g/mol. The fourth-order valence-corrected chi connectivity index (χ4v) is 1.69. The lowest BCUT2D eigenvalue weighted by molar-refractivity contribution is -0.132. The van der Waals surface area contributed by atoms with Crippen molar-refractivity contribution in [2.24, 2.45) is 0 Å². The first kappa shape index (κ1) is 13.6. The molecule has 0 aromatic heterocycles. The molecule has 1 aromatic carbocycles. The molecule has 0 bridgehead atoms. The van der Waals surface area contributed by atoms with Crippen LogP contribution in [0.4, 0.5) is 0 Å². The first-order valence-electron chi connectivity index (χ1n) is 6.06. The van der Waals surface area contributed by atoms with E-state index in [4.69, 9.17) is 4.74 Å². The topological polar surface area (TPSA) is 29.5 Å². The van der Waals surface area contributed by atoms with Crippen molar-refractivity contribution in [2.45, 2.75) is 27.7 Å². The summed E-state index contributed by atoms with van der Waals surface area (Å²) in [6.45, 7) is 9.56. The Kier molecular flexibility index (Phi) is 5.01. The number of ether oxygens (including phenoxy) is 1. The van der Waals surface area contributed by atoms with Crippen LogP contribution in [-0.4, -0.2) is 30.5 Å². The summed E-state index contributed by atoms with van der Waals surface area (Å²) in [6.07, 6.45) is 0. The molecule has 1 rings (SSSR count). The fraction of sp³-hybridized carbons (Fsp3) is 0.500. The van der Waals surface area contributed by atoms with Crippen LogP contribution in [0.15, 0.2) is 18.2 Å². The molecule has 0 aliphatic rings. The van der Waals surface area contributed by atoms with Crippen molar-refractivity contribution in [1.29, 1.82) is 0 Å². The highest BCUT2D eigenvalue weighted by atomic mass is 16.5. The van der Waals surface area contributed by atoms with Gasteiger partial charge in [0.2, 0.25) is 0 Å². The monoisotopic (exact) mass is 235 g/mol. The second-order valence-corrected chi connectivity index (χ2v) is 4.05. The maximum atomic E-state index is 11.8. The first-order chi connectivity index (χ1) is 8.10. The maximum absolute atomic E-state index is 11.8. The Morgan fingerprint density at radius 3 is 2.47 bits per heavy atom. The quantitative estimate of drug-likeness (QED) is 0.785. The predicted octanol–water partition coefficient (Wildman–Crippen LogP) is 2.55.